The molecule has 0 spiro atoms. The summed E-state index contributed by atoms with van der Waals surface area (Å²) in [6.07, 6.45) is 6.13. The molecule has 0 aromatic heterocycles. The van der Waals surface area contributed by atoms with Crippen molar-refractivity contribution in [3.8, 4) is 0 Å². The van der Waals surface area contributed by atoms with Crippen molar-refractivity contribution in [1.29, 1.82) is 0 Å². The Morgan fingerprint density at radius 1 is 0.846 bits per heavy atom. The van der Waals surface area contributed by atoms with Crippen LogP contribution in [0.25, 0.3) is 0 Å². The van der Waals surface area contributed by atoms with Crippen molar-refractivity contribution >= 4 is 46.8 Å². The smallest absolute Gasteiger partial charge is 0.243 e. The molecular formula is C32H36Cl2N2O2S. The second-order valence-electron chi connectivity index (χ2n) is 10.1. The normalized spacial score (nSPS) is 14.5. The number of rotatable bonds is 12. The van der Waals surface area contributed by atoms with Crippen LogP contribution in [-0.2, 0) is 28.3 Å². The minimum absolute atomic E-state index is 0.0775. The zero-order valence-corrected chi connectivity index (χ0v) is 24.5. The van der Waals surface area contributed by atoms with Crippen LogP contribution in [-0.4, -0.2) is 34.6 Å². The lowest BCUT2D eigenvalue weighted by molar-refractivity contribution is -0.141. The molecule has 39 heavy (non-hydrogen) atoms. The SMILES string of the molecule is O=C(NC1CCCCC1)C(Cc1ccccc1)N(Cc1c(Cl)cccc1Cl)C(=O)CCSCc1ccccc1. The third-order valence-corrected chi connectivity index (χ3v) is 8.92. The number of thioether (sulfide) groups is 1. The molecule has 0 bridgehead atoms. The highest BCUT2D eigenvalue weighted by Crippen LogP contribution is 2.28. The maximum atomic E-state index is 13.9. The van der Waals surface area contributed by atoms with Crippen LogP contribution in [0.1, 0.15) is 55.2 Å². The van der Waals surface area contributed by atoms with Gasteiger partial charge >= 0.3 is 0 Å². The third-order valence-electron chi connectivity index (χ3n) is 7.18. The number of benzene rings is 3. The van der Waals surface area contributed by atoms with E-state index in [4.69, 9.17) is 23.2 Å². The molecule has 0 saturated heterocycles. The molecule has 7 heteroatoms. The lowest BCUT2D eigenvalue weighted by atomic mass is 9.94. The highest BCUT2D eigenvalue weighted by molar-refractivity contribution is 7.98. The van der Waals surface area contributed by atoms with Crippen molar-refractivity contribution in [2.24, 2.45) is 0 Å². The molecule has 4 nitrogen and oxygen atoms in total. The number of carbonyl (C=O) groups excluding carboxylic acids is 2. The van der Waals surface area contributed by atoms with Gasteiger partial charge in [0.05, 0.1) is 0 Å². The fourth-order valence-electron chi connectivity index (χ4n) is 5.02. The predicted octanol–water partition coefficient (Wildman–Crippen LogP) is 7.71. The van der Waals surface area contributed by atoms with Crippen molar-refractivity contribution in [2.75, 3.05) is 5.75 Å². The monoisotopic (exact) mass is 582 g/mol. The molecule has 3 aromatic carbocycles. The summed E-state index contributed by atoms with van der Waals surface area (Å²) in [5.41, 5.74) is 2.89. The van der Waals surface area contributed by atoms with Crippen LogP contribution in [0.4, 0.5) is 0 Å². The Morgan fingerprint density at radius 3 is 2.10 bits per heavy atom. The number of hydrogen-bond acceptors (Lipinski definition) is 3. The van der Waals surface area contributed by atoms with E-state index in [1.165, 1.54) is 12.0 Å². The summed E-state index contributed by atoms with van der Waals surface area (Å²) < 4.78 is 0. The molecule has 0 heterocycles. The van der Waals surface area contributed by atoms with Gasteiger partial charge in [0, 0.05) is 52.5 Å². The summed E-state index contributed by atoms with van der Waals surface area (Å²) in [5, 5.41) is 4.26. The van der Waals surface area contributed by atoms with Gasteiger partial charge in [-0.05, 0) is 36.1 Å². The molecule has 1 fully saturated rings. The van der Waals surface area contributed by atoms with Crippen molar-refractivity contribution in [3.63, 3.8) is 0 Å². The maximum absolute atomic E-state index is 13.9. The molecule has 0 aliphatic heterocycles. The van der Waals surface area contributed by atoms with Crippen molar-refractivity contribution in [2.45, 2.75) is 69.3 Å². The molecule has 1 atom stereocenters. The van der Waals surface area contributed by atoms with Crippen LogP contribution in [0.15, 0.2) is 78.9 Å². The van der Waals surface area contributed by atoms with Gasteiger partial charge in [-0.25, -0.2) is 0 Å². The second-order valence-corrected chi connectivity index (χ2v) is 12.0. The summed E-state index contributed by atoms with van der Waals surface area (Å²) in [4.78, 5) is 29.4. The van der Waals surface area contributed by atoms with Gasteiger partial charge in [-0.1, -0.05) is 109 Å². The van der Waals surface area contributed by atoms with Gasteiger partial charge in [-0.3, -0.25) is 9.59 Å². The van der Waals surface area contributed by atoms with E-state index in [1.54, 1.807) is 34.9 Å². The Morgan fingerprint density at radius 2 is 1.46 bits per heavy atom. The molecule has 0 radical (unpaired) electrons. The van der Waals surface area contributed by atoms with Crippen LogP contribution in [0.3, 0.4) is 0 Å². The molecule has 1 unspecified atom stereocenters. The minimum atomic E-state index is -0.673. The van der Waals surface area contributed by atoms with Crippen LogP contribution in [0.2, 0.25) is 10.0 Å². The van der Waals surface area contributed by atoms with Crippen molar-refractivity contribution in [1.82, 2.24) is 10.2 Å². The van der Waals surface area contributed by atoms with E-state index in [-0.39, 0.29) is 24.4 Å². The largest absolute Gasteiger partial charge is 0.352 e. The Hall–Kier alpha value is -2.47. The molecule has 1 aliphatic carbocycles. The van der Waals surface area contributed by atoms with Crippen LogP contribution in [0, 0.1) is 0 Å². The number of carbonyl (C=O) groups is 2. The highest BCUT2D eigenvalue weighted by atomic mass is 35.5. The van der Waals surface area contributed by atoms with Crippen LogP contribution >= 0.6 is 35.0 Å². The van der Waals surface area contributed by atoms with Gasteiger partial charge in [-0.2, -0.15) is 11.8 Å². The summed E-state index contributed by atoms with van der Waals surface area (Å²) in [7, 11) is 0. The summed E-state index contributed by atoms with van der Waals surface area (Å²) >= 11 is 14.8. The Bertz CT molecular complexity index is 1180. The highest BCUT2D eigenvalue weighted by Gasteiger charge is 2.32. The first-order valence-corrected chi connectivity index (χ1v) is 15.6. The van der Waals surface area contributed by atoms with Crippen LogP contribution in [0.5, 0.6) is 0 Å². The number of halogens is 2. The fraction of sp³-hybridized carbons (Fsp3) is 0.375. The average Bonchev–Trinajstić information content (AvgIpc) is 2.96. The van der Waals surface area contributed by atoms with Crippen molar-refractivity contribution < 1.29 is 9.59 Å². The maximum Gasteiger partial charge on any atom is 0.243 e. The quantitative estimate of drug-likeness (QED) is 0.222. The molecule has 1 N–H and O–H groups in total. The average molecular weight is 584 g/mol. The first kappa shape index (κ1) is 29.5. The summed E-state index contributed by atoms with van der Waals surface area (Å²) in [6.45, 7) is 0.177. The Labute approximate surface area is 246 Å². The van der Waals surface area contributed by atoms with Gasteiger partial charge in [0.15, 0.2) is 0 Å². The van der Waals surface area contributed by atoms with E-state index in [0.29, 0.717) is 34.2 Å². The molecule has 1 saturated carbocycles. The first-order valence-electron chi connectivity index (χ1n) is 13.7. The second kappa shape index (κ2) is 15.4. The number of amides is 2. The predicted molar refractivity (Wildman–Crippen MR) is 163 cm³/mol. The van der Waals surface area contributed by atoms with Crippen molar-refractivity contribution in [3.05, 3.63) is 106 Å². The van der Waals surface area contributed by atoms with Gasteiger partial charge in [-0.15, -0.1) is 0 Å². The van der Waals surface area contributed by atoms with E-state index in [2.05, 4.69) is 17.4 Å². The van der Waals surface area contributed by atoms with E-state index in [1.807, 2.05) is 48.5 Å². The lowest BCUT2D eigenvalue weighted by Crippen LogP contribution is -2.53. The minimum Gasteiger partial charge on any atom is -0.352 e. The molecule has 2 amide bonds. The van der Waals surface area contributed by atoms with Gasteiger partial charge < -0.3 is 10.2 Å². The summed E-state index contributed by atoms with van der Waals surface area (Å²) in [5.74, 6) is 1.30. The fourth-order valence-corrected chi connectivity index (χ4v) is 6.43. The third kappa shape index (κ3) is 9.02. The zero-order valence-electron chi connectivity index (χ0n) is 22.2. The summed E-state index contributed by atoms with van der Waals surface area (Å²) in [6, 6.07) is 24.9. The van der Waals surface area contributed by atoms with Gasteiger partial charge in [0.1, 0.15) is 6.04 Å². The van der Waals surface area contributed by atoms with E-state index in [0.717, 1.165) is 37.0 Å². The lowest BCUT2D eigenvalue weighted by Gasteiger charge is -2.34. The van der Waals surface area contributed by atoms with E-state index >= 15 is 0 Å². The van der Waals surface area contributed by atoms with Gasteiger partial charge in [0.2, 0.25) is 11.8 Å². The topological polar surface area (TPSA) is 49.4 Å². The molecule has 4 rings (SSSR count). The molecular weight excluding hydrogens is 547 g/mol. The zero-order chi connectivity index (χ0) is 27.5. The number of nitrogens with one attached hydrogen (secondary N) is 1. The van der Waals surface area contributed by atoms with E-state index < -0.39 is 6.04 Å². The molecule has 1 aliphatic rings. The standard InChI is InChI=1S/C32H36Cl2N2O2S/c33-28-17-10-18-29(34)27(28)22-36(31(37)19-20-39-23-25-13-6-2-7-14-25)30(21-24-11-4-1-5-12-24)32(38)35-26-15-8-3-9-16-26/h1-2,4-7,10-14,17-18,26,30H,3,8-9,15-16,19-23H2,(H,35,38). The van der Waals surface area contributed by atoms with Gasteiger partial charge in [0.25, 0.3) is 0 Å². The van der Waals surface area contributed by atoms with E-state index in [9.17, 15) is 9.59 Å². The number of hydrogen-bond donors (Lipinski definition) is 1. The first-order chi connectivity index (χ1) is 19.0. The Balaban J connectivity index is 1.56. The van der Waals surface area contributed by atoms with Crippen LogP contribution < -0.4 is 5.32 Å². The molecule has 206 valence electrons. The number of nitrogens with zero attached hydrogens (tertiary/aromatic N) is 1. The molecule has 3 aromatic rings. The Kier molecular flexibility index (Phi) is 11.6.